The molecule has 28 heavy (non-hydrogen) atoms. The summed E-state index contributed by atoms with van der Waals surface area (Å²) in [7, 11) is 3.37. The molecule has 0 aliphatic heterocycles. The Labute approximate surface area is 166 Å². The normalized spacial score (nSPS) is 11.3. The highest BCUT2D eigenvalue weighted by Gasteiger charge is 2.15. The first kappa shape index (κ1) is 20.3. The molecular formula is C16H22ClN7O4. The van der Waals surface area contributed by atoms with Gasteiger partial charge in [0, 0.05) is 7.05 Å². The Hall–Kier alpha value is -2.47. The van der Waals surface area contributed by atoms with E-state index >= 15 is 0 Å². The minimum absolute atomic E-state index is 0.00517. The fraction of sp³-hybridized carbons (Fsp3) is 0.500. The average molecular weight is 412 g/mol. The van der Waals surface area contributed by atoms with Crippen molar-refractivity contribution in [3.63, 3.8) is 0 Å². The number of aliphatic hydroxyl groups excluding tert-OH is 1. The van der Waals surface area contributed by atoms with E-state index in [4.69, 9.17) is 30.9 Å². The summed E-state index contributed by atoms with van der Waals surface area (Å²) >= 11 is 6.03. The summed E-state index contributed by atoms with van der Waals surface area (Å²) in [6.07, 6.45) is 3.43. The first-order chi connectivity index (χ1) is 13.6. The zero-order chi connectivity index (χ0) is 19.9. The summed E-state index contributed by atoms with van der Waals surface area (Å²) in [5, 5.41) is 16.3. The Bertz CT molecular complexity index is 914. The van der Waals surface area contributed by atoms with E-state index in [1.54, 1.807) is 21.8 Å². The number of aliphatic hydroxyl groups is 1. The van der Waals surface area contributed by atoms with Gasteiger partial charge < -0.3 is 29.2 Å². The molecule has 3 aromatic rings. The van der Waals surface area contributed by atoms with Crippen molar-refractivity contribution in [1.82, 2.24) is 29.3 Å². The van der Waals surface area contributed by atoms with Crippen molar-refractivity contribution in [2.24, 2.45) is 7.05 Å². The quantitative estimate of drug-likeness (QED) is 0.351. The Morgan fingerprint density at radius 1 is 1.18 bits per heavy atom. The number of hydrogen-bond acceptors (Lipinski definition) is 9. The molecule has 0 saturated carbocycles. The van der Waals surface area contributed by atoms with E-state index in [0.29, 0.717) is 61.5 Å². The number of rotatable bonds is 11. The smallest absolute Gasteiger partial charge is 0.256 e. The first-order valence-electron chi connectivity index (χ1n) is 8.61. The summed E-state index contributed by atoms with van der Waals surface area (Å²) < 4.78 is 19.4. The van der Waals surface area contributed by atoms with Crippen LogP contribution in [0.25, 0.3) is 11.2 Å². The predicted molar refractivity (Wildman–Crippen MR) is 102 cm³/mol. The molecule has 12 heteroatoms. The fourth-order valence-electron chi connectivity index (χ4n) is 2.49. The van der Waals surface area contributed by atoms with Gasteiger partial charge in [-0.1, -0.05) is 0 Å². The van der Waals surface area contributed by atoms with Crippen molar-refractivity contribution in [2.45, 2.75) is 6.54 Å². The minimum Gasteiger partial charge on any atom is -0.478 e. The van der Waals surface area contributed by atoms with Gasteiger partial charge in [-0.3, -0.25) is 4.68 Å². The lowest BCUT2D eigenvalue weighted by atomic mass is 10.4. The van der Waals surface area contributed by atoms with Crippen molar-refractivity contribution in [3.05, 3.63) is 17.8 Å². The number of halogens is 1. The maximum atomic E-state index is 8.63. The summed E-state index contributed by atoms with van der Waals surface area (Å²) in [6, 6.07) is 0. The molecule has 0 atom stereocenters. The van der Waals surface area contributed by atoms with Gasteiger partial charge in [0.2, 0.25) is 5.28 Å². The Kier molecular flexibility index (Phi) is 6.98. The summed E-state index contributed by atoms with van der Waals surface area (Å²) in [4.78, 5) is 12.7. The molecule has 3 rings (SSSR count). The highest BCUT2D eigenvalue weighted by molar-refractivity contribution is 6.28. The van der Waals surface area contributed by atoms with Gasteiger partial charge in [0.1, 0.15) is 5.69 Å². The van der Waals surface area contributed by atoms with Crippen molar-refractivity contribution in [1.29, 1.82) is 0 Å². The monoisotopic (exact) mass is 411 g/mol. The molecule has 2 N–H and O–H groups in total. The van der Waals surface area contributed by atoms with Crippen LogP contribution >= 0.6 is 11.6 Å². The summed E-state index contributed by atoms with van der Waals surface area (Å²) in [5.41, 5.74) is 1.83. The van der Waals surface area contributed by atoms with Crippen LogP contribution in [0.15, 0.2) is 12.5 Å². The van der Waals surface area contributed by atoms with E-state index in [2.05, 4.69) is 25.4 Å². The molecule has 0 unspecified atom stereocenters. The van der Waals surface area contributed by atoms with Gasteiger partial charge in [0.05, 0.1) is 59.2 Å². The molecule has 0 spiro atoms. The van der Waals surface area contributed by atoms with Gasteiger partial charge in [0.25, 0.3) is 5.88 Å². The summed E-state index contributed by atoms with van der Waals surface area (Å²) in [6.45, 7) is 2.18. The molecule has 0 aliphatic rings. The number of fused-ring (bicyclic) bond motifs is 1. The van der Waals surface area contributed by atoms with Crippen LogP contribution in [0.4, 0.5) is 11.5 Å². The second-order valence-electron chi connectivity index (χ2n) is 5.76. The number of nitrogens with one attached hydrogen (secondary N) is 1. The van der Waals surface area contributed by atoms with Crippen LogP contribution in [0.3, 0.4) is 0 Å². The third kappa shape index (κ3) is 4.87. The van der Waals surface area contributed by atoms with E-state index in [9.17, 15) is 0 Å². The molecular weight excluding hydrogens is 390 g/mol. The fourth-order valence-corrected chi connectivity index (χ4v) is 2.66. The molecule has 0 bridgehead atoms. The average Bonchev–Trinajstić information content (AvgIpc) is 3.24. The highest BCUT2D eigenvalue weighted by Crippen LogP contribution is 2.29. The van der Waals surface area contributed by atoms with Crippen LogP contribution in [-0.4, -0.2) is 74.6 Å². The van der Waals surface area contributed by atoms with E-state index in [0.717, 1.165) is 0 Å². The van der Waals surface area contributed by atoms with Crippen LogP contribution in [0.5, 0.6) is 5.88 Å². The zero-order valence-corrected chi connectivity index (χ0v) is 16.4. The molecule has 0 aliphatic carbocycles. The lowest BCUT2D eigenvalue weighted by Crippen LogP contribution is -2.11. The van der Waals surface area contributed by atoms with Gasteiger partial charge in [-0.25, -0.2) is 4.98 Å². The van der Waals surface area contributed by atoms with E-state index in [1.165, 1.54) is 7.11 Å². The first-order valence-corrected chi connectivity index (χ1v) is 8.99. The molecule has 0 fully saturated rings. The topological polar surface area (TPSA) is 121 Å². The van der Waals surface area contributed by atoms with Crippen molar-refractivity contribution in [2.75, 3.05) is 45.5 Å². The molecule has 11 nitrogen and oxygen atoms in total. The number of ether oxygens (including phenoxy) is 3. The number of nitrogens with zero attached hydrogens (tertiary/aromatic N) is 6. The van der Waals surface area contributed by atoms with Crippen LogP contribution in [0.2, 0.25) is 5.28 Å². The minimum atomic E-state index is 0.00517. The van der Waals surface area contributed by atoms with Gasteiger partial charge in [-0.2, -0.15) is 9.97 Å². The third-order valence-electron chi connectivity index (χ3n) is 3.78. The van der Waals surface area contributed by atoms with Gasteiger partial charge in [-0.15, -0.1) is 5.10 Å². The zero-order valence-electron chi connectivity index (χ0n) is 15.6. The standard InChI is InChI=1S/C16H22ClN7O4/c1-23-10-18-12-13(20-16(17)21-14(12)23)19-11-9-24(22-15(11)26-2)3-5-27-7-8-28-6-4-25/h9-10,25H,3-8H2,1-2H3,(H,19,20,21). The molecule has 3 heterocycles. The summed E-state index contributed by atoms with van der Waals surface area (Å²) in [5.74, 6) is 0.871. The number of hydrogen-bond donors (Lipinski definition) is 2. The lowest BCUT2D eigenvalue weighted by molar-refractivity contribution is 0.0303. The lowest BCUT2D eigenvalue weighted by Gasteiger charge is -2.06. The number of anilines is 2. The second-order valence-corrected chi connectivity index (χ2v) is 6.10. The largest absolute Gasteiger partial charge is 0.478 e. The van der Waals surface area contributed by atoms with Gasteiger partial charge >= 0.3 is 0 Å². The van der Waals surface area contributed by atoms with Crippen molar-refractivity contribution >= 4 is 34.3 Å². The molecule has 0 saturated heterocycles. The van der Waals surface area contributed by atoms with Crippen LogP contribution < -0.4 is 10.1 Å². The van der Waals surface area contributed by atoms with E-state index in [-0.39, 0.29) is 11.9 Å². The Morgan fingerprint density at radius 2 is 1.96 bits per heavy atom. The predicted octanol–water partition coefficient (Wildman–Crippen LogP) is 0.991. The third-order valence-corrected chi connectivity index (χ3v) is 3.95. The van der Waals surface area contributed by atoms with Crippen molar-refractivity contribution < 1.29 is 19.3 Å². The maximum Gasteiger partial charge on any atom is 0.256 e. The van der Waals surface area contributed by atoms with Crippen molar-refractivity contribution in [3.8, 4) is 5.88 Å². The molecule has 152 valence electrons. The Morgan fingerprint density at radius 3 is 2.71 bits per heavy atom. The number of methoxy groups -OCH3 is 1. The maximum absolute atomic E-state index is 8.63. The van der Waals surface area contributed by atoms with E-state index in [1.807, 2.05) is 7.05 Å². The molecule has 3 aromatic heterocycles. The van der Waals surface area contributed by atoms with Crippen LogP contribution in [0.1, 0.15) is 0 Å². The van der Waals surface area contributed by atoms with Gasteiger partial charge in [0.15, 0.2) is 17.0 Å². The van der Waals surface area contributed by atoms with Gasteiger partial charge in [-0.05, 0) is 11.6 Å². The molecule has 0 amide bonds. The Balaban J connectivity index is 1.65. The molecule has 0 radical (unpaired) electrons. The number of imidazole rings is 1. The SMILES string of the molecule is COc1nn(CCOCCOCCO)cc1Nc1nc(Cl)nc2c1ncn2C. The second kappa shape index (κ2) is 9.64. The highest BCUT2D eigenvalue weighted by atomic mass is 35.5. The van der Waals surface area contributed by atoms with E-state index < -0.39 is 0 Å². The number of aromatic nitrogens is 6. The van der Waals surface area contributed by atoms with Crippen LogP contribution in [-0.2, 0) is 23.1 Å². The number of aryl methyl sites for hydroxylation is 1. The van der Waals surface area contributed by atoms with Crippen LogP contribution in [0, 0.1) is 0 Å². The molecule has 0 aromatic carbocycles.